The Kier molecular flexibility index (Phi) is 5.28. The van der Waals surface area contributed by atoms with E-state index in [2.05, 4.69) is 6.58 Å². The number of aliphatic hydroxyl groups excluding tert-OH is 2. The number of ether oxygens (including phenoxy) is 3. The van der Waals surface area contributed by atoms with Gasteiger partial charge in [-0.2, -0.15) is 0 Å². The Hall–Kier alpha value is -0.950. The van der Waals surface area contributed by atoms with Crippen LogP contribution in [0.2, 0.25) is 0 Å². The topological polar surface area (TPSA) is 85.2 Å². The third-order valence-corrected chi connectivity index (χ3v) is 2.87. The fourth-order valence-corrected chi connectivity index (χ4v) is 1.78. The Morgan fingerprint density at radius 3 is 2.44 bits per heavy atom. The lowest BCUT2D eigenvalue weighted by Crippen LogP contribution is -2.59. The Morgan fingerprint density at radius 2 is 2.00 bits per heavy atom. The number of hydrogen-bond acceptors (Lipinski definition) is 6. The molecule has 104 valence electrons. The van der Waals surface area contributed by atoms with Crippen LogP contribution in [0.5, 0.6) is 0 Å². The van der Waals surface area contributed by atoms with Crippen molar-refractivity contribution in [2.75, 3.05) is 7.11 Å². The largest absolute Gasteiger partial charge is 0.451 e. The van der Waals surface area contributed by atoms with E-state index < -0.39 is 36.7 Å². The Morgan fingerprint density at radius 1 is 1.39 bits per heavy atom. The van der Waals surface area contributed by atoms with Gasteiger partial charge in [0.05, 0.1) is 6.10 Å². The van der Waals surface area contributed by atoms with Crippen LogP contribution in [0.3, 0.4) is 0 Å². The molecule has 0 bridgehead atoms. The highest BCUT2D eigenvalue weighted by Gasteiger charge is 2.46. The lowest BCUT2D eigenvalue weighted by atomic mass is 9.97. The van der Waals surface area contributed by atoms with Crippen molar-refractivity contribution in [1.82, 2.24) is 0 Å². The second kappa shape index (κ2) is 6.29. The zero-order valence-electron chi connectivity index (χ0n) is 10.8. The molecule has 0 aromatic carbocycles. The molecule has 0 spiro atoms. The molecule has 2 unspecified atom stereocenters. The molecule has 1 aliphatic rings. The quantitative estimate of drug-likeness (QED) is 0.546. The number of methoxy groups -OCH3 is 1. The molecule has 1 rings (SSSR count). The van der Waals surface area contributed by atoms with Crippen molar-refractivity contribution in [3.8, 4) is 0 Å². The zero-order chi connectivity index (χ0) is 13.9. The average molecular weight is 260 g/mol. The average Bonchev–Trinajstić information content (AvgIpc) is 2.35. The minimum atomic E-state index is -1.25. The van der Waals surface area contributed by atoms with Crippen molar-refractivity contribution in [3.05, 3.63) is 12.2 Å². The summed E-state index contributed by atoms with van der Waals surface area (Å²) in [6.07, 6.45) is -4.39. The molecule has 6 heteroatoms. The van der Waals surface area contributed by atoms with Crippen molar-refractivity contribution in [1.29, 1.82) is 0 Å². The van der Waals surface area contributed by atoms with Crippen LogP contribution in [0.15, 0.2) is 12.2 Å². The molecule has 1 heterocycles. The predicted molar refractivity (Wildman–Crippen MR) is 62.7 cm³/mol. The highest BCUT2D eigenvalue weighted by molar-refractivity contribution is 5.87. The van der Waals surface area contributed by atoms with E-state index >= 15 is 0 Å². The van der Waals surface area contributed by atoms with Gasteiger partial charge in [-0.15, -0.1) is 0 Å². The van der Waals surface area contributed by atoms with Gasteiger partial charge in [-0.25, -0.2) is 4.79 Å². The van der Waals surface area contributed by atoms with Gasteiger partial charge in [0.1, 0.15) is 12.2 Å². The molecule has 0 radical (unpaired) electrons. The molecule has 0 amide bonds. The van der Waals surface area contributed by atoms with Crippen molar-refractivity contribution < 1.29 is 29.2 Å². The first-order valence-electron chi connectivity index (χ1n) is 5.83. The third kappa shape index (κ3) is 3.08. The van der Waals surface area contributed by atoms with Crippen LogP contribution in [0.25, 0.3) is 0 Å². The molecular weight excluding hydrogens is 240 g/mol. The van der Waals surface area contributed by atoms with Gasteiger partial charge in [-0.3, -0.25) is 0 Å². The van der Waals surface area contributed by atoms with Crippen LogP contribution < -0.4 is 0 Å². The van der Waals surface area contributed by atoms with E-state index in [4.69, 9.17) is 14.2 Å². The van der Waals surface area contributed by atoms with Gasteiger partial charge in [0.15, 0.2) is 12.4 Å². The standard InChI is InChI=1S/C12H20O6/c1-5-7-8(13)9(14)10(12(16-4)17-7)18-11(15)6(2)3/h7-10,12-14H,2,5H2,1,3-4H3/t7?,8-,9?,10+,12+/m1/s1. The van der Waals surface area contributed by atoms with Crippen LogP contribution in [0, 0.1) is 0 Å². The Bertz CT molecular complexity index is 314. The number of esters is 1. The van der Waals surface area contributed by atoms with Gasteiger partial charge >= 0.3 is 5.97 Å². The molecule has 2 N–H and O–H groups in total. The van der Waals surface area contributed by atoms with Gasteiger partial charge in [-0.1, -0.05) is 13.5 Å². The molecular formula is C12H20O6. The predicted octanol–water partition coefficient (Wildman–Crippen LogP) is -0.0226. The van der Waals surface area contributed by atoms with Crippen molar-refractivity contribution in [3.63, 3.8) is 0 Å². The molecule has 0 aliphatic carbocycles. The smallest absolute Gasteiger partial charge is 0.333 e. The third-order valence-electron chi connectivity index (χ3n) is 2.87. The molecule has 1 aliphatic heterocycles. The summed E-state index contributed by atoms with van der Waals surface area (Å²) in [6, 6.07) is 0. The number of carbonyl (C=O) groups is 1. The Labute approximate surface area is 106 Å². The zero-order valence-corrected chi connectivity index (χ0v) is 10.8. The highest BCUT2D eigenvalue weighted by atomic mass is 16.7. The summed E-state index contributed by atoms with van der Waals surface area (Å²) in [7, 11) is 1.38. The molecule has 5 atom stereocenters. The van der Waals surface area contributed by atoms with Crippen LogP contribution >= 0.6 is 0 Å². The van der Waals surface area contributed by atoms with E-state index in [0.29, 0.717) is 6.42 Å². The van der Waals surface area contributed by atoms with E-state index in [-0.39, 0.29) is 5.57 Å². The molecule has 6 nitrogen and oxygen atoms in total. The SMILES string of the molecule is C=C(C)C(=O)O[C@H]1C(O)[C@H](O)C(CC)O[C@@H]1OC. The van der Waals surface area contributed by atoms with E-state index in [9.17, 15) is 15.0 Å². The van der Waals surface area contributed by atoms with Crippen molar-refractivity contribution in [2.45, 2.75) is 51.0 Å². The maximum absolute atomic E-state index is 11.5. The minimum absolute atomic E-state index is 0.198. The van der Waals surface area contributed by atoms with Crippen LogP contribution in [-0.2, 0) is 19.0 Å². The first-order chi connectivity index (χ1) is 8.42. The number of hydrogen-bond donors (Lipinski definition) is 2. The second-order valence-corrected chi connectivity index (χ2v) is 4.32. The van der Waals surface area contributed by atoms with Crippen LogP contribution in [0.1, 0.15) is 20.3 Å². The molecule has 1 saturated heterocycles. The normalized spacial score (nSPS) is 36.2. The lowest BCUT2D eigenvalue weighted by molar-refractivity contribution is -0.293. The summed E-state index contributed by atoms with van der Waals surface area (Å²) in [6.45, 7) is 6.75. The fourth-order valence-electron chi connectivity index (χ4n) is 1.78. The van der Waals surface area contributed by atoms with E-state index in [0.717, 1.165) is 0 Å². The summed E-state index contributed by atoms with van der Waals surface area (Å²) in [5.41, 5.74) is 0.198. The summed E-state index contributed by atoms with van der Waals surface area (Å²) >= 11 is 0. The monoisotopic (exact) mass is 260 g/mol. The molecule has 1 fully saturated rings. The van der Waals surface area contributed by atoms with Crippen molar-refractivity contribution >= 4 is 5.97 Å². The summed E-state index contributed by atoms with van der Waals surface area (Å²) in [4.78, 5) is 11.5. The van der Waals surface area contributed by atoms with Crippen LogP contribution in [-0.4, -0.2) is 54.0 Å². The molecule has 0 aromatic heterocycles. The molecule has 0 aromatic rings. The highest BCUT2D eigenvalue weighted by Crippen LogP contribution is 2.26. The van der Waals surface area contributed by atoms with Gasteiger partial charge in [0, 0.05) is 12.7 Å². The molecule has 0 saturated carbocycles. The maximum atomic E-state index is 11.5. The first-order valence-corrected chi connectivity index (χ1v) is 5.83. The van der Waals surface area contributed by atoms with Crippen molar-refractivity contribution in [2.24, 2.45) is 0 Å². The van der Waals surface area contributed by atoms with Gasteiger partial charge in [0.2, 0.25) is 0 Å². The Balaban J connectivity index is 2.81. The number of aliphatic hydroxyl groups is 2. The summed E-state index contributed by atoms with van der Waals surface area (Å²) < 4.78 is 15.5. The number of carbonyl (C=O) groups excluding carboxylic acids is 1. The van der Waals surface area contributed by atoms with E-state index in [1.165, 1.54) is 14.0 Å². The number of rotatable bonds is 4. The van der Waals surface area contributed by atoms with Crippen LogP contribution in [0.4, 0.5) is 0 Å². The fraction of sp³-hybridized carbons (Fsp3) is 0.750. The van der Waals surface area contributed by atoms with E-state index in [1.807, 2.05) is 6.92 Å². The lowest BCUT2D eigenvalue weighted by Gasteiger charge is -2.41. The molecule has 18 heavy (non-hydrogen) atoms. The van der Waals surface area contributed by atoms with Gasteiger partial charge in [0.25, 0.3) is 0 Å². The van der Waals surface area contributed by atoms with Gasteiger partial charge < -0.3 is 24.4 Å². The van der Waals surface area contributed by atoms with E-state index in [1.54, 1.807) is 0 Å². The second-order valence-electron chi connectivity index (χ2n) is 4.32. The maximum Gasteiger partial charge on any atom is 0.333 e. The summed E-state index contributed by atoms with van der Waals surface area (Å²) in [5, 5.41) is 19.8. The van der Waals surface area contributed by atoms with Gasteiger partial charge in [-0.05, 0) is 13.3 Å². The summed E-state index contributed by atoms with van der Waals surface area (Å²) in [5.74, 6) is -0.660. The minimum Gasteiger partial charge on any atom is -0.451 e. The first kappa shape index (κ1) is 15.1.